The number of aromatic amines is 4. The molecule has 0 saturated carbocycles. The van der Waals surface area contributed by atoms with Crippen molar-refractivity contribution in [2.24, 2.45) is 0 Å². The van der Waals surface area contributed by atoms with Crippen molar-refractivity contribution in [2.45, 2.75) is 195 Å². The van der Waals surface area contributed by atoms with E-state index in [0.717, 1.165) is 13.7 Å². The number of ether oxygens (including phenoxy) is 8. The number of nitrogens with zero attached hydrogens (tertiary/aromatic N) is 10. The van der Waals surface area contributed by atoms with Crippen LogP contribution >= 0.6 is 26.9 Å². The van der Waals surface area contributed by atoms with Gasteiger partial charge in [-0.05, 0) is 95.2 Å². The number of aliphatic hydroxyl groups excluding tert-OH is 1. The third kappa shape index (κ3) is 14.1. The lowest BCUT2D eigenvalue weighted by Gasteiger charge is -2.39. The van der Waals surface area contributed by atoms with E-state index in [1.807, 2.05) is 0 Å². The summed E-state index contributed by atoms with van der Waals surface area (Å²) in [4.78, 5) is 170. The molecule has 7 aromatic heterocycles. The molecular formula is C57H73N17O28P4S4. The summed E-state index contributed by atoms with van der Waals surface area (Å²) in [6.45, 7) is -10.9. The number of aromatic nitrogens is 14. The Morgan fingerprint density at radius 2 is 0.918 bits per heavy atom. The molecule has 25 atom stereocenters. The molecule has 0 aliphatic carbocycles. The van der Waals surface area contributed by atoms with E-state index in [1.54, 1.807) is 13.8 Å². The quantitative estimate of drug-likeness (QED) is 0.0268. The summed E-state index contributed by atoms with van der Waals surface area (Å²) in [7, 11) is 0. The molecule has 0 radical (unpaired) electrons. The first-order valence-corrected chi connectivity index (χ1v) is 44.2. The molecule has 8 fully saturated rings. The highest BCUT2D eigenvalue weighted by atomic mass is 32.5. The number of nitrogens with two attached hydrogens (primary N) is 3. The molecule has 0 aromatic carbocycles. The topological polar surface area (TPSA) is 599 Å². The average molecular weight is 1700 g/mol. The molecule has 0 spiro atoms. The fraction of sp³-hybridized carbons (Fsp3) is 0.614. The number of hydrogen-bond donors (Lipinski definition) is 12. The molecule has 7 aromatic rings. The van der Waals surface area contributed by atoms with Crippen molar-refractivity contribution in [2.75, 3.05) is 43.6 Å². The number of nitrogens with one attached hydrogen (secondary N) is 4. The maximum atomic E-state index is 13.8. The van der Waals surface area contributed by atoms with E-state index in [2.05, 4.69) is 44.9 Å². The highest BCUT2D eigenvalue weighted by molar-refractivity contribution is 8.08. The van der Waals surface area contributed by atoms with E-state index in [-0.39, 0.29) is 64.0 Å². The molecular weight excluding hydrogens is 1620 g/mol. The van der Waals surface area contributed by atoms with Gasteiger partial charge in [0, 0.05) is 48.1 Å². The monoisotopic (exact) mass is 1700 g/mol. The molecule has 8 aliphatic rings. The van der Waals surface area contributed by atoms with E-state index in [0.29, 0.717) is 12.0 Å². The van der Waals surface area contributed by atoms with Gasteiger partial charge in [-0.15, -0.1) is 0 Å². The maximum Gasteiger partial charge on any atom is 0.351 e. The van der Waals surface area contributed by atoms with E-state index < -0.39 is 220 Å². The average Bonchev–Trinajstić information content (AvgIpc) is 1.56. The second-order valence-corrected chi connectivity index (χ2v) is 38.7. The van der Waals surface area contributed by atoms with Gasteiger partial charge < -0.3 is 107 Å². The zero-order valence-electron chi connectivity index (χ0n) is 58.5. The number of nitrogen functional groups attached to an aromatic ring is 3. The summed E-state index contributed by atoms with van der Waals surface area (Å²) in [5.74, 6) is -0.555. The van der Waals surface area contributed by atoms with E-state index >= 15 is 0 Å². The SMILES string of the molecule is CC[C@H]1O[C@@H](n2cnc3c(=O)[nH]c(N)nc32)CC1OP(O)(=S)OC[C@H]1O[C@@H](n2cnc3c(=O)[nH]c(N)nc32)CC1OP(O)(=S)OC[C@]12O[C@@H](n3cc(C)c(N)nc3=O)[C@@H](O[C@H]1C)C2OP(O)(=S)OC[C@]12O[C@@H](n3cc(C)c(=O)[nH]c3=O)[C@@H](O[C@H]1C)C2OP(O)(=S)OC[C@]12O[C@@H](n3cc(C)c(=O)[nH]c3=O)[C@@H](O[C@H]1C)C2O. The largest absolute Gasteiger partial charge is 0.387 e. The summed E-state index contributed by atoms with van der Waals surface area (Å²) in [6.07, 6.45) is -16.3. The number of fused-ring (bicyclic) bond motifs is 8. The highest BCUT2D eigenvalue weighted by Gasteiger charge is 2.72. The maximum absolute atomic E-state index is 13.8. The van der Waals surface area contributed by atoms with Crippen molar-refractivity contribution < 1.29 is 98.8 Å². The smallest absolute Gasteiger partial charge is 0.351 e. The van der Waals surface area contributed by atoms with Crippen molar-refractivity contribution >= 4 is 114 Å². The molecule has 45 nitrogen and oxygen atoms in total. The van der Waals surface area contributed by atoms with Crippen LogP contribution in [-0.2, 0) is 121 Å². The van der Waals surface area contributed by atoms with E-state index in [1.165, 1.54) is 75.0 Å². The number of imidazole rings is 2. The molecule has 6 bridgehead atoms. The van der Waals surface area contributed by atoms with Crippen molar-refractivity contribution in [3.63, 3.8) is 0 Å². The summed E-state index contributed by atoms with van der Waals surface area (Å²) in [6, 6.07) is 0. The normalized spacial score (nSPS) is 35.2. The zero-order valence-corrected chi connectivity index (χ0v) is 65.3. The Balaban J connectivity index is 0.687. The van der Waals surface area contributed by atoms with Gasteiger partial charge in [0.2, 0.25) is 11.9 Å². The van der Waals surface area contributed by atoms with Gasteiger partial charge in [0.25, 0.3) is 22.2 Å². The Bertz CT molecular complexity index is 5510. The summed E-state index contributed by atoms with van der Waals surface area (Å²) in [5.41, 5.74) is 6.94. The predicted molar refractivity (Wildman–Crippen MR) is 389 cm³/mol. The van der Waals surface area contributed by atoms with Gasteiger partial charge in [-0.3, -0.25) is 71.0 Å². The fourth-order valence-electron chi connectivity index (χ4n) is 15.0. The van der Waals surface area contributed by atoms with Crippen LogP contribution in [0, 0.1) is 20.8 Å². The molecule has 0 amide bonds. The van der Waals surface area contributed by atoms with Crippen LogP contribution in [0.3, 0.4) is 0 Å². The molecule has 15 heterocycles. The molecule has 53 heteroatoms. The minimum absolute atomic E-state index is 0.00239. The van der Waals surface area contributed by atoms with Crippen LogP contribution in [0.2, 0.25) is 0 Å². The van der Waals surface area contributed by atoms with Crippen LogP contribution in [0.5, 0.6) is 0 Å². The molecule has 8 aliphatic heterocycles. The Morgan fingerprint density at radius 1 is 0.518 bits per heavy atom. The Labute approximate surface area is 636 Å². The van der Waals surface area contributed by atoms with Crippen molar-refractivity contribution in [3.05, 3.63) is 121 Å². The second kappa shape index (κ2) is 28.8. The van der Waals surface area contributed by atoms with Gasteiger partial charge in [0.15, 0.2) is 41.0 Å². The van der Waals surface area contributed by atoms with Crippen molar-refractivity contribution in [3.8, 4) is 0 Å². The number of aliphatic hydroxyl groups is 1. The lowest BCUT2D eigenvalue weighted by molar-refractivity contribution is -0.219. The van der Waals surface area contributed by atoms with Gasteiger partial charge in [0.1, 0.15) is 77.8 Å². The summed E-state index contributed by atoms with van der Waals surface area (Å²) < 4.78 is 107. The van der Waals surface area contributed by atoms with Crippen molar-refractivity contribution in [1.29, 1.82) is 0 Å². The molecule has 15 rings (SSSR count). The number of H-pyrrole nitrogens is 4. The predicted octanol–water partition coefficient (Wildman–Crippen LogP) is -1.73. The Morgan fingerprint density at radius 3 is 1.41 bits per heavy atom. The van der Waals surface area contributed by atoms with Gasteiger partial charge in [-0.1, -0.05) is 6.92 Å². The minimum Gasteiger partial charge on any atom is -0.387 e. The third-order valence-electron chi connectivity index (χ3n) is 20.7. The molecule has 15 N–H and O–H groups in total. The van der Waals surface area contributed by atoms with Crippen LogP contribution in [0.15, 0.2) is 64.8 Å². The van der Waals surface area contributed by atoms with E-state index in [4.69, 9.17) is 139 Å². The van der Waals surface area contributed by atoms with Crippen LogP contribution in [-0.4, -0.2) is 215 Å². The van der Waals surface area contributed by atoms with E-state index in [9.17, 15) is 58.2 Å². The second-order valence-electron chi connectivity index (χ2n) is 27.5. The first-order chi connectivity index (χ1) is 51.7. The number of anilines is 3. The lowest BCUT2D eigenvalue weighted by atomic mass is 9.94. The zero-order chi connectivity index (χ0) is 78.8. The molecule has 9 unspecified atom stereocenters. The molecule has 110 heavy (non-hydrogen) atoms. The van der Waals surface area contributed by atoms with Gasteiger partial charge in [-0.25, -0.2) is 24.4 Å². The summed E-state index contributed by atoms with van der Waals surface area (Å²) in [5, 5.41) is 11.7. The molecule has 8 saturated heterocycles. The van der Waals surface area contributed by atoms with Gasteiger partial charge in [0.05, 0.1) is 75.7 Å². The Kier molecular flexibility index (Phi) is 20.8. The van der Waals surface area contributed by atoms with Gasteiger partial charge >= 0.3 is 43.9 Å². The van der Waals surface area contributed by atoms with Crippen LogP contribution in [0.1, 0.15) is 94.8 Å². The van der Waals surface area contributed by atoms with Crippen LogP contribution in [0.4, 0.5) is 17.7 Å². The highest BCUT2D eigenvalue weighted by Crippen LogP contribution is 2.63. The minimum atomic E-state index is -4.88. The Hall–Kier alpha value is -5.90. The van der Waals surface area contributed by atoms with Crippen LogP contribution in [0.25, 0.3) is 22.3 Å². The molecule has 598 valence electrons. The van der Waals surface area contributed by atoms with Gasteiger partial charge in [-0.2, -0.15) is 15.0 Å². The summed E-state index contributed by atoms with van der Waals surface area (Å²) >= 11 is 22.8. The van der Waals surface area contributed by atoms with Crippen LogP contribution < -0.4 is 56.5 Å². The standard InChI is InChI=1S/C57H73N17O28P4S4/c1-8-26-27(9-30(94-26)73-18-61-32-41(73)64-50(59)66-45(32)78)99-103(83,107)87-14-29-28(10-31(95-29)74-19-62-33-42(74)65-51(60)67-46(33)79)100-104(84,108)89-16-56-24(6)92-35(48(97-56)70-11-20(2)40(58)63-52(70)80)38(56)102-106(86,110)90-17-57-25(7)93-36(49(98-57)72-13-22(4)44(77)69-54(72)82)39(57)101-105(85,109)88-15-55-23(5)91-34(37(55)75)47(96-55)71-12-21(3)43(76)68-53(71)81/h11-13,18-19,23-31,34-39,47-49,75H,8-10,14-17H2,1-7H3,(H,83,107)(H,84,108)(H,85,109)(H,86,110)(H2,58,63,80)(H,68,76,81)(H,69,77,82)(H3,59,64,66,78)(H3,60,65,67,79)/t23-,24-,25-,26+,27?,28?,29+,30+,31+,34-,35-,36-,37?,38?,39?,47+,48+,49+,55-,56-,57-,103?,104?,105?,106?/m0/s1. The van der Waals surface area contributed by atoms with Crippen molar-refractivity contribution in [1.82, 2.24) is 67.7 Å². The first-order valence-electron chi connectivity index (χ1n) is 33.8. The number of rotatable bonds is 26. The first kappa shape index (κ1) is 79.3. The fourth-order valence-corrected chi connectivity index (χ4v) is 20.9. The lowest BCUT2D eigenvalue weighted by Crippen LogP contribution is -2.52. The third-order valence-corrected chi connectivity index (χ3v) is 26.9. The number of aryl methyl sites for hydroxylation is 3. The number of hydrogen-bond acceptors (Lipinski definition) is 36.